The lowest BCUT2D eigenvalue weighted by Crippen LogP contribution is -2.39. The predicted molar refractivity (Wildman–Crippen MR) is 115 cm³/mol. The van der Waals surface area contributed by atoms with E-state index in [1.807, 2.05) is 57.0 Å². The lowest BCUT2D eigenvalue weighted by Gasteiger charge is -2.17. The van der Waals surface area contributed by atoms with E-state index in [4.69, 9.17) is 23.2 Å². The lowest BCUT2D eigenvalue weighted by molar-refractivity contribution is -0.124. The van der Waals surface area contributed by atoms with Gasteiger partial charge in [-0.05, 0) is 62.7 Å². The number of rotatable bonds is 7. The summed E-state index contributed by atoms with van der Waals surface area (Å²) < 4.78 is 0. The Morgan fingerprint density at radius 3 is 2.07 bits per heavy atom. The molecule has 0 saturated heterocycles. The van der Waals surface area contributed by atoms with E-state index in [0.717, 1.165) is 27.9 Å². The number of likely N-dealkylation sites (N-methyl/N-ethyl adjacent to an activating group) is 1. The first-order valence-corrected chi connectivity index (χ1v) is 9.67. The van der Waals surface area contributed by atoms with Crippen molar-refractivity contribution in [2.45, 2.75) is 27.3 Å². The molecule has 7 heteroatoms. The van der Waals surface area contributed by atoms with Crippen LogP contribution in [-0.2, 0) is 16.1 Å². The van der Waals surface area contributed by atoms with Gasteiger partial charge in [-0.1, -0.05) is 40.9 Å². The minimum Gasteiger partial charge on any atom is -0.346 e. The van der Waals surface area contributed by atoms with Crippen LogP contribution in [0.1, 0.15) is 22.3 Å². The first-order chi connectivity index (χ1) is 13.1. The second-order valence-electron chi connectivity index (χ2n) is 7.05. The van der Waals surface area contributed by atoms with E-state index >= 15 is 0 Å². The molecule has 150 valence electrons. The van der Waals surface area contributed by atoms with Crippen LogP contribution in [0.5, 0.6) is 0 Å². The van der Waals surface area contributed by atoms with Gasteiger partial charge in [-0.3, -0.25) is 14.5 Å². The summed E-state index contributed by atoms with van der Waals surface area (Å²) in [4.78, 5) is 26.1. The number of anilines is 1. The minimum atomic E-state index is -0.257. The van der Waals surface area contributed by atoms with Crippen LogP contribution in [0, 0.1) is 20.8 Å². The number of carbonyl (C=O) groups is 2. The fraction of sp³-hybridized carbons (Fsp3) is 0.333. The Bertz CT molecular complexity index is 841. The van der Waals surface area contributed by atoms with Gasteiger partial charge in [-0.2, -0.15) is 0 Å². The van der Waals surface area contributed by atoms with Crippen molar-refractivity contribution >= 4 is 40.7 Å². The van der Waals surface area contributed by atoms with Crippen LogP contribution in [0.2, 0.25) is 10.0 Å². The van der Waals surface area contributed by atoms with Crippen LogP contribution in [0.15, 0.2) is 30.3 Å². The van der Waals surface area contributed by atoms with E-state index in [1.165, 1.54) is 0 Å². The summed E-state index contributed by atoms with van der Waals surface area (Å²) in [5.74, 6) is -0.490. The van der Waals surface area contributed by atoms with Crippen LogP contribution in [0.3, 0.4) is 0 Å². The summed E-state index contributed by atoms with van der Waals surface area (Å²) in [5, 5.41) is 6.63. The topological polar surface area (TPSA) is 61.4 Å². The van der Waals surface area contributed by atoms with Gasteiger partial charge in [0.25, 0.3) is 0 Å². The maximum atomic E-state index is 12.2. The molecule has 2 aromatic carbocycles. The Morgan fingerprint density at radius 1 is 0.929 bits per heavy atom. The fourth-order valence-corrected chi connectivity index (χ4v) is 3.68. The number of benzene rings is 2. The third-order valence-electron chi connectivity index (χ3n) is 4.18. The normalized spacial score (nSPS) is 10.8. The molecule has 0 aliphatic rings. The molecule has 2 amide bonds. The third-order valence-corrected chi connectivity index (χ3v) is 4.61. The molecule has 0 spiro atoms. The SMILES string of the molecule is Cc1cc(C)c(NC(=O)CNC(=O)CN(C)Cc2cc(Cl)cc(Cl)c2)c(C)c1. The monoisotopic (exact) mass is 421 g/mol. The smallest absolute Gasteiger partial charge is 0.243 e. The molecule has 2 rings (SSSR count). The Morgan fingerprint density at radius 2 is 1.50 bits per heavy atom. The number of aryl methyl sites for hydroxylation is 3. The van der Waals surface area contributed by atoms with Crippen LogP contribution >= 0.6 is 23.2 Å². The summed E-state index contributed by atoms with van der Waals surface area (Å²) in [5.41, 5.74) is 4.84. The maximum Gasteiger partial charge on any atom is 0.243 e. The fourth-order valence-electron chi connectivity index (χ4n) is 3.11. The second-order valence-corrected chi connectivity index (χ2v) is 7.92. The van der Waals surface area contributed by atoms with Crippen LogP contribution in [0.25, 0.3) is 0 Å². The zero-order valence-corrected chi connectivity index (χ0v) is 18.0. The van der Waals surface area contributed by atoms with Gasteiger partial charge >= 0.3 is 0 Å². The number of hydrogen-bond acceptors (Lipinski definition) is 3. The third kappa shape index (κ3) is 6.82. The Kier molecular flexibility index (Phi) is 7.87. The molecule has 0 heterocycles. The van der Waals surface area contributed by atoms with Gasteiger partial charge in [0, 0.05) is 22.3 Å². The van der Waals surface area contributed by atoms with Crippen molar-refractivity contribution in [3.05, 3.63) is 62.6 Å². The molecule has 0 fully saturated rings. The number of carbonyl (C=O) groups excluding carboxylic acids is 2. The standard InChI is InChI=1S/C21H25Cl2N3O2/c1-13-5-14(2)21(15(3)6-13)25-19(27)10-24-20(28)12-26(4)11-16-7-17(22)9-18(23)8-16/h5-9H,10-12H2,1-4H3,(H,24,28)(H,25,27). The molecule has 0 radical (unpaired) electrons. The molecule has 5 nitrogen and oxygen atoms in total. The number of nitrogens with zero attached hydrogens (tertiary/aromatic N) is 1. The molecule has 0 aromatic heterocycles. The van der Waals surface area contributed by atoms with Crippen molar-refractivity contribution in [3.8, 4) is 0 Å². The highest BCUT2D eigenvalue weighted by Gasteiger charge is 2.12. The van der Waals surface area contributed by atoms with Gasteiger partial charge in [0.05, 0.1) is 13.1 Å². The van der Waals surface area contributed by atoms with Crippen molar-refractivity contribution in [1.29, 1.82) is 0 Å². The highest BCUT2D eigenvalue weighted by molar-refractivity contribution is 6.34. The van der Waals surface area contributed by atoms with E-state index in [1.54, 1.807) is 6.07 Å². The van der Waals surface area contributed by atoms with Crippen molar-refractivity contribution in [3.63, 3.8) is 0 Å². The van der Waals surface area contributed by atoms with Gasteiger partial charge in [0.1, 0.15) is 0 Å². The van der Waals surface area contributed by atoms with E-state index in [0.29, 0.717) is 16.6 Å². The number of amides is 2. The summed E-state index contributed by atoms with van der Waals surface area (Å²) in [6.45, 7) is 6.50. The first kappa shape index (κ1) is 22.2. The second kappa shape index (κ2) is 9.92. The molecule has 2 aromatic rings. The molecule has 0 bridgehead atoms. The van der Waals surface area contributed by atoms with Crippen molar-refractivity contribution < 1.29 is 9.59 Å². The van der Waals surface area contributed by atoms with Crippen LogP contribution in [0.4, 0.5) is 5.69 Å². The van der Waals surface area contributed by atoms with Gasteiger partial charge < -0.3 is 10.6 Å². The lowest BCUT2D eigenvalue weighted by atomic mass is 10.1. The molecular formula is C21H25Cl2N3O2. The number of halogens is 2. The molecule has 0 atom stereocenters. The zero-order chi connectivity index (χ0) is 20.8. The highest BCUT2D eigenvalue weighted by Crippen LogP contribution is 2.22. The number of hydrogen-bond donors (Lipinski definition) is 2. The zero-order valence-electron chi connectivity index (χ0n) is 16.5. The largest absolute Gasteiger partial charge is 0.346 e. The van der Waals surface area contributed by atoms with Gasteiger partial charge in [0.2, 0.25) is 11.8 Å². The van der Waals surface area contributed by atoms with E-state index in [2.05, 4.69) is 10.6 Å². The Hall–Kier alpha value is -2.08. The van der Waals surface area contributed by atoms with E-state index < -0.39 is 0 Å². The molecule has 28 heavy (non-hydrogen) atoms. The quantitative estimate of drug-likeness (QED) is 0.706. The Balaban J connectivity index is 1.82. The van der Waals surface area contributed by atoms with Gasteiger partial charge in [-0.15, -0.1) is 0 Å². The molecule has 0 saturated carbocycles. The van der Waals surface area contributed by atoms with Crippen LogP contribution in [-0.4, -0.2) is 36.9 Å². The maximum absolute atomic E-state index is 12.2. The molecule has 0 aliphatic carbocycles. The van der Waals surface area contributed by atoms with Crippen molar-refractivity contribution in [2.75, 3.05) is 25.5 Å². The molecular weight excluding hydrogens is 397 g/mol. The Labute approximate surface area is 176 Å². The average molecular weight is 422 g/mol. The van der Waals surface area contributed by atoms with E-state index in [-0.39, 0.29) is 24.9 Å². The molecule has 2 N–H and O–H groups in total. The van der Waals surface area contributed by atoms with Crippen LogP contribution < -0.4 is 10.6 Å². The highest BCUT2D eigenvalue weighted by atomic mass is 35.5. The van der Waals surface area contributed by atoms with Crippen molar-refractivity contribution in [1.82, 2.24) is 10.2 Å². The minimum absolute atomic E-state index is 0.0809. The summed E-state index contributed by atoms with van der Waals surface area (Å²) in [6, 6.07) is 9.30. The predicted octanol–water partition coefficient (Wildman–Crippen LogP) is 4.11. The molecule has 0 aliphatic heterocycles. The van der Waals surface area contributed by atoms with Gasteiger partial charge in [-0.25, -0.2) is 0 Å². The summed E-state index contributed by atoms with van der Waals surface area (Å²) >= 11 is 12.0. The van der Waals surface area contributed by atoms with E-state index in [9.17, 15) is 9.59 Å². The summed E-state index contributed by atoms with van der Waals surface area (Å²) in [7, 11) is 1.81. The number of nitrogens with one attached hydrogen (secondary N) is 2. The first-order valence-electron chi connectivity index (χ1n) is 8.92. The molecule has 0 unspecified atom stereocenters. The van der Waals surface area contributed by atoms with Gasteiger partial charge in [0.15, 0.2) is 0 Å². The average Bonchev–Trinajstić information content (AvgIpc) is 2.55. The van der Waals surface area contributed by atoms with Crippen molar-refractivity contribution in [2.24, 2.45) is 0 Å². The summed E-state index contributed by atoms with van der Waals surface area (Å²) in [6.07, 6.45) is 0.